The molecule has 1 aliphatic carbocycles. The second kappa shape index (κ2) is 10.2. The van der Waals surface area contributed by atoms with Crippen molar-refractivity contribution in [3.05, 3.63) is 59.9 Å². The summed E-state index contributed by atoms with van der Waals surface area (Å²) in [4.78, 5) is 2.21. The molecule has 2 fully saturated rings. The van der Waals surface area contributed by atoms with E-state index in [2.05, 4.69) is 14.8 Å². The number of halogens is 3. The van der Waals surface area contributed by atoms with E-state index in [9.17, 15) is 23.2 Å². The lowest BCUT2D eigenvalue weighted by Crippen LogP contribution is -2.37. The minimum absolute atomic E-state index is 0.0174. The second-order valence-corrected chi connectivity index (χ2v) is 9.15. The van der Waals surface area contributed by atoms with Crippen LogP contribution in [0.5, 0.6) is 5.75 Å². The third-order valence-corrected chi connectivity index (χ3v) is 6.60. The third kappa shape index (κ3) is 5.69. The van der Waals surface area contributed by atoms with E-state index >= 15 is 0 Å². The van der Waals surface area contributed by atoms with Crippen molar-refractivity contribution in [3.63, 3.8) is 0 Å². The Hall–Kier alpha value is -3.02. The third-order valence-electron chi connectivity index (χ3n) is 6.60. The van der Waals surface area contributed by atoms with Crippen molar-refractivity contribution in [3.8, 4) is 17.0 Å². The van der Waals surface area contributed by atoms with Gasteiger partial charge in [0.2, 0.25) is 0 Å². The van der Waals surface area contributed by atoms with Gasteiger partial charge in [0.1, 0.15) is 17.2 Å². The maximum atomic E-state index is 13.0. The van der Waals surface area contributed by atoms with Crippen LogP contribution in [0.3, 0.4) is 0 Å². The largest absolute Gasteiger partial charge is 0.573 e. The van der Waals surface area contributed by atoms with Crippen LogP contribution in [0.1, 0.15) is 42.9 Å². The van der Waals surface area contributed by atoms with Crippen LogP contribution >= 0.6 is 0 Å². The van der Waals surface area contributed by atoms with Crippen LogP contribution in [-0.4, -0.2) is 47.9 Å². The normalized spacial score (nSPS) is 16.9. The summed E-state index contributed by atoms with van der Waals surface area (Å²) in [5, 5.41) is 22.7. The summed E-state index contributed by atoms with van der Waals surface area (Å²) in [5.41, 5.74) is 2.65. The van der Waals surface area contributed by atoms with Gasteiger partial charge in [-0.15, -0.1) is 13.2 Å². The first-order chi connectivity index (χ1) is 17.3. The molecule has 190 valence electrons. The summed E-state index contributed by atoms with van der Waals surface area (Å²) in [7, 11) is -1.49. The molecule has 36 heavy (non-hydrogen) atoms. The Kier molecular flexibility index (Phi) is 6.96. The molecule has 3 aromatic rings. The fourth-order valence-corrected chi connectivity index (χ4v) is 4.55. The lowest BCUT2D eigenvalue weighted by Gasteiger charge is -2.33. The molecular weight excluding hydrogens is 476 g/mol. The van der Waals surface area contributed by atoms with Crippen molar-refractivity contribution in [2.75, 3.05) is 18.0 Å². The van der Waals surface area contributed by atoms with Crippen molar-refractivity contribution < 1.29 is 37.2 Å². The van der Waals surface area contributed by atoms with Crippen LogP contribution in [0.15, 0.2) is 53.1 Å². The van der Waals surface area contributed by atoms with Crippen LogP contribution in [0.2, 0.25) is 0 Å². The summed E-state index contributed by atoms with van der Waals surface area (Å²) in [6, 6.07) is 13.0. The van der Waals surface area contributed by atoms with Gasteiger partial charge < -0.3 is 28.9 Å². The number of rotatable bonds is 8. The van der Waals surface area contributed by atoms with Gasteiger partial charge in [0, 0.05) is 35.8 Å². The van der Waals surface area contributed by atoms with Crippen molar-refractivity contribution in [1.29, 1.82) is 0 Å². The quantitative estimate of drug-likeness (QED) is 0.451. The van der Waals surface area contributed by atoms with Gasteiger partial charge in [0.05, 0.1) is 12.7 Å². The predicted molar refractivity (Wildman–Crippen MR) is 127 cm³/mol. The molecule has 11 heteroatoms. The molecule has 2 heterocycles. The Balaban J connectivity index is 1.27. The van der Waals surface area contributed by atoms with Gasteiger partial charge in [0.25, 0.3) is 0 Å². The molecule has 0 atom stereocenters. The van der Waals surface area contributed by atoms with Crippen LogP contribution in [0, 0.1) is 0 Å². The molecule has 0 radical (unpaired) electrons. The molecule has 2 aliphatic rings. The van der Waals surface area contributed by atoms with E-state index in [0.29, 0.717) is 22.5 Å². The fraction of sp³-hybridized carbons (Fsp3) is 0.400. The average Bonchev–Trinajstić information content (AvgIpc) is 3.62. The maximum Gasteiger partial charge on any atom is 0.573 e. The number of ether oxygens (including phenoxy) is 2. The highest BCUT2D eigenvalue weighted by Crippen LogP contribution is 2.45. The minimum Gasteiger partial charge on any atom is -0.423 e. The zero-order valence-electron chi connectivity index (χ0n) is 19.4. The van der Waals surface area contributed by atoms with E-state index in [-0.39, 0.29) is 29.9 Å². The number of piperidine rings is 1. The summed E-state index contributed by atoms with van der Waals surface area (Å²) in [6.07, 6.45) is -1.38. The fourth-order valence-electron chi connectivity index (χ4n) is 4.55. The predicted octanol–water partition coefficient (Wildman–Crippen LogP) is 3.98. The minimum atomic E-state index is -4.82. The first kappa shape index (κ1) is 24.7. The number of nitrogens with zero attached hydrogens (tertiary/aromatic N) is 2. The standard InChI is InChI=1S/C25H26BF3N2O5/c27-25(28,29)35-22-4-2-1-3-20(22)23-21(24(36-30-23)16-5-6-16)15-34-19-11-13-31(14-12-19)18-9-7-17(8-10-18)26(32)33/h1-4,7-10,16,19,32-33H,5-6,11-15H2. The summed E-state index contributed by atoms with van der Waals surface area (Å²) >= 11 is 0. The molecule has 1 saturated carbocycles. The molecular formula is C25H26BF3N2O5. The number of anilines is 1. The Morgan fingerprint density at radius 2 is 1.69 bits per heavy atom. The summed E-state index contributed by atoms with van der Waals surface area (Å²) < 4.78 is 55.0. The number of benzene rings is 2. The highest BCUT2D eigenvalue weighted by molar-refractivity contribution is 6.58. The highest BCUT2D eigenvalue weighted by Gasteiger charge is 2.36. The zero-order chi connectivity index (χ0) is 25.3. The van der Waals surface area contributed by atoms with Crippen LogP contribution in [0.4, 0.5) is 18.9 Å². The maximum absolute atomic E-state index is 13.0. The Labute approximate surface area is 206 Å². The Bertz CT molecular complexity index is 1170. The van der Waals surface area contributed by atoms with Crippen molar-refractivity contribution in [2.24, 2.45) is 0 Å². The zero-order valence-corrected chi connectivity index (χ0v) is 19.4. The Morgan fingerprint density at radius 1 is 1.00 bits per heavy atom. The number of hydrogen-bond acceptors (Lipinski definition) is 7. The molecule has 7 nitrogen and oxygen atoms in total. The van der Waals surface area contributed by atoms with E-state index in [1.54, 1.807) is 24.3 Å². The lowest BCUT2D eigenvalue weighted by atomic mass is 9.80. The van der Waals surface area contributed by atoms with Gasteiger partial charge in [-0.1, -0.05) is 29.4 Å². The van der Waals surface area contributed by atoms with Gasteiger partial charge in [-0.3, -0.25) is 0 Å². The highest BCUT2D eigenvalue weighted by atomic mass is 19.4. The number of aromatic nitrogens is 1. The van der Waals surface area contributed by atoms with Crippen molar-refractivity contribution in [1.82, 2.24) is 5.16 Å². The smallest absolute Gasteiger partial charge is 0.423 e. The van der Waals surface area contributed by atoms with Crippen molar-refractivity contribution in [2.45, 2.75) is 50.7 Å². The molecule has 0 bridgehead atoms. The number of hydrogen-bond donors (Lipinski definition) is 2. The van der Waals surface area contributed by atoms with Gasteiger partial charge >= 0.3 is 13.5 Å². The molecule has 1 aliphatic heterocycles. The van der Waals surface area contributed by atoms with E-state index in [1.165, 1.54) is 12.1 Å². The van der Waals surface area contributed by atoms with Gasteiger partial charge in [-0.05, 0) is 55.4 Å². The molecule has 5 rings (SSSR count). The molecule has 0 amide bonds. The summed E-state index contributed by atoms with van der Waals surface area (Å²) in [5.74, 6) is 0.563. The van der Waals surface area contributed by atoms with E-state index in [1.807, 2.05) is 12.1 Å². The molecule has 1 aromatic heterocycles. The van der Waals surface area contributed by atoms with E-state index in [0.717, 1.165) is 44.5 Å². The SMILES string of the molecule is OB(O)c1ccc(N2CCC(OCc3c(-c4ccccc4OC(F)(F)F)noc3C3CC3)CC2)cc1. The average molecular weight is 502 g/mol. The first-order valence-corrected chi connectivity index (χ1v) is 11.9. The van der Waals surface area contributed by atoms with Crippen LogP contribution in [-0.2, 0) is 11.3 Å². The van der Waals surface area contributed by atoms with Gasteiger partial charge in [-0.25, -0.2) is 0 Å². The molecule has 2 N–H and O–H groups in total. The number of alkyl halides is 3. The molecule has 2 aromatic carbocycles. The monoisotopic (exact) mass is 502 g/mol. The van der Waals surface area contributed by atoms with Crippen molar-refractivity contribution >= 4 is 18.3 Å². The van der Waals surface area contributed by atoms with E-state index < -0.39 is 13.5 Å². The second-order valence-electron chi connectivity index (χ2n) is 9.15. The van der Waals surface area contributed by atoms with Gasteiger partial charge in [-0.2, -0.15) is 0 Å². The molecule has 0 spiro atoms. The van der Waals surface area contributed by atoms with Crippen LogP contribution in [0.25, 0.3) is 11.3 Å². The lowest BCUT2D eigenvalue weighted by molar-refractivity contribution is -0.274. The topological polar surface area (TPSA) is 88.2 Å². The Morgan fingerprint density at radius 3 is 2.33 bits per heavy atom. The molecule has 0 unspecified atom stereocenters. The van der Waals surface area contributed by atoms with E-state index in [4.69, 9.17) is 9.26 Å². The van der Waals surface area contributed by atoms with Crippen LogP contribution < -0.4 is 15.1 Å². The first-order valence-electron chi connectivity index (χ1n) is 11.9. The number of para-hydroxylation sites is 1. The molecule has 1 saturated heterocycles. The summed E-state index contributed by atoms with van der Waals surface area (Å²) in [6.45, 7) is 1.72. The van der Waals surface area contributed by atoms with Gasteiger partial charge in [0.15, 0.2) is 0 Å².